The molecule has 1 aliphatic heterocycles. The molecular weight excluding hydrogens is 332 g/mol. The highest BCUT2D eigenvalue weighted by Gasteiger charge is 2.31. The molecule has 138 valence electrons. The molecular formula is C18H24N6O2. The van der Waals surface area contributed by atoms with Gasteiger partial charge in [0.15, 0.2) is 0 Å². The number of urea groups is 1. The number of likely N-dealkylation sites (N-methyl/N-ethyl adjacent to an activating group) is 1. The van der Waals surface area contributed by atoms with Gasteiger partial charge < -0.3 is 19.7 Å². The predicted molar refractivity (Wildman–Crippen MR) is 96.1 cm³/mol. The van der Waals surface area contributed by atoms with E-state index in [4.69, 9.17) is 0 Å². The van der Waals surface area contributed by atoms with Crippen LogP contribution in [0, 0.1) is 0 Å². The molecule has 0 unspecified atom stereocenters. The smallest absolute Gasteiger partial charge is 0.318 e. The largest absolute Gasteiger partial charge is 0.344 e. The first-order chi connectivity index (χ1) is 12.6. The fraction of sp³-hybridized carbons (Fsp3) is 0.444. The highest BCUT2D eigenvalue weighted by molar-refractivity contribution is 5.88. The van der Waals surface area contributed by atoms with Crippen molar-refractivity contribution in [3.8, 4) is 0 Å². The zero-order valence-corrected chi connectivity index (χ0v) is 14.9. The van der Waals surface area contributed by atoms with Gasteiger partial charge in [-0.05, 0) is 30.5 Å². The van der Waals surface area contributed by atoms with E-state index in [1.165, 1.54) is 0 Å². The number of nitrogens with zero attached hydrogens (tertiary/aromatic N) is 5. The molecule has 0 saturated carbocycles. The maximum Gasteiger partial charge on any atom is 0.318 e. The lowest BCUT2D eigenvalue weighted by Gasteiger charge is -2.25. The second kappa shape index (κ2) is 8.46. The van der Waals surface area contributed by atoms with Crippen molar-refractivity contribution in [3.05, 3.63) is 48.8 Å². The standard InChI is InChI=1S/C18H24N6O2/c1-22-11-5-16(17(22)25)21-18(26)24(13-15-3-6-19-7-4-15)10-2-9-23-12-8-20-14-23/h3-4,6-8,12,14,16H,2,5,9-11,13H2,1H3,(H,21,26)/t16-/m1/s1. The maximum atomic E-state index is 12.8. The first kappa shape index (κ1) is 17.9. The predicted octanol–water partition coefficient (Wildman–Crippen LogP) is 1.11. The number of rotatable bonds is 7. The summed E-state index contributed by atoms with van der Waals surface area (Å²) >= 11 is 0. The zero-order chi connectivity index (χ0) is 18.4. The van der Waals surface area contributed by atoms with E-state index >= 15 is 0 Å². The summed E-state index contributed by atoms with van der Waals surface area (Å²) < 4.78 is 1.98. The van der Waals surface area contributed by atoms with Gasteiger partial charge in [-0.2, -0.15) is 0 Å². The minimum Gasteiger partial charge on any atom is -0.344 e. The molecule has 3 rings (SSSR count). The second-order valence-corrected chi connectivity index (χ2v) is 6.48. The summed E-state index contributed by atoms with van der Waals surface area (Å²) in [5.74, 6) is -0.0272. The number of pyridine rings is 1. The topological polar surface area (TPSA) is 83.4 Å². The van der Waals surface area contributed by atoms with Gasteiger partial charge in [-0.25, -0.2) is 9.78 Å². The van der Waals surface area contributed by atoms with Gasteiger partial charge >= 0.3 is 6.03 Å². The van der Waals surface area contributed by atoms with E-state index in [0.717, 1.165) is 18.5 Å². The maximum absolute atomic E-state index is 12.8. The van der Waals surface area contributed by atoms with E-state index in [-0.39, 0.29) is 11.9 Å². The molecule has 3 amide bonds. The van der Waals surface area contributed by atoms with Gasteiger partial charge in [-0.3, -0.25) is 9.78 Å². The van der Waals surface area contributed by atoms with E-state index in [1.807, 2.05) is 22.9 Å². The van der Waals surface area contributed by atoms with Crippen LogP contribution in [-0.2, 0) is 17.9 Å². The molecule has 1 saturated heterocycles. The van der Waals surface area contributed by atoms with Gasteiger partial charge in [0.25, 0.3) is 0 Å². The third-order valence-electron chi connectivity index (χ3n) is 4.54. The Kier molecular flexibility index (Phi) is 5.83. The van der Waals surface area contributed by atoms with Crippen LogP contribution in [0.5, 0.6) is 0 Å². The summed E-state index contributed by atoms with van der Waals surface area (Å²) in [6, 6.07) is 3.15. The molecule has 8 heteroatoms. The molecule has 1 aliphatic rings. The first-order valence-electron chi connectivity index (χ1n) is 8.78. The molecule has 26 heavy (non-hydrogen) atoms. The number of amides is 3. The fourth-order valence-electron chi connectivity index (χ4n) is 3.02. The average molecular weight is 356 g/mol. The highest BCUT2D eigenvalue weighted by atomic mass is 16.2. The van der Waals surface area contributed by atoms with Crippen molar-refractivity contribution in [1.29, 1.82) is 0 Å². The minimum absolute atomic E-state index is 0.0272. The van der Waals surface area contributed by atoms with Gasteiger partial charge in [0.2, 0.25) is 5.91 Å². The van der Waals surface area contributed by atoms with E-state index in [1.54, 1.807) is 41.8 Å². The van der Waals surface area contributed by atoms with Crippen LogP contribution in [0.2, 0.25) is 0 Å². The number of aromatic nitrogens is 3. The zero-order valence-electron chi connectivity index (χ0n) is 14.9. The normalized spacial score (nSPS) is 16.7. The molecule has 0 spiro atoms. The van der Waals surface area contributed by atoms with Crippen LogP contribution in [-0.4, -0.2) is 62.5 Å². The Morgan fingerprint density at radius 2 is 2.12 bits per heavy atom. The summed E-state index contributed by atoms with van der Waals surface area (Å²) in [5, 5.41) is 2.88. The number of nitrogens with one attached hydrogen (secondary N) is 1. The summed E-state index contributed by atoms with van der Waals surface area (Å²) in [4.78, 5) is 36.3. The Morgan fingerprint density at radius 1 is 1.31 bits per heavy atom. The lowest BCUT2D eigenvalue weighted by Crippen LogP contribution is -2.47. The van der Waals surface area contributed by atoms with Crippen LogP contribution in [0.15, 0.2) is 43.2 Å². The molecule has 0 aromatic carbocycles. The van der Waals surface area contributed by atoms with Crippen molar-refractivity contribution >= 4 is 11.9 Å². The summed E-state index contributed by atoms with van der Waals surface area (Å²) in [6.45, 7) is 2.53. The molecule has 1 N–H and O–H groups in total. The van der Waals surface area contributed by atoms with Crippen molar-refractivity contribution in [2.45, 2.75) is 32.0 Å². The number of hydrogen-bond donors (Lipinski definition) is 1. The van der Waals surface area contributed by atoms with E-state index in [2.05, 4.69) is 15.3 Å². The third-order valence-corrected chi connectivity index (χ3v) is 4.54. The Labute approximate surface area is 152 Å². The molecule has 8 nitrogen and oxygen atoms in total. The number of imidazole rings is 1. The molecule has 3 heterocycles. The van der Waals surface area contributed by atoms with Crippen molar-refractivity contribution in [2.24, 2.45) is 0 Å². The van der Waals surface area contributed by atoms with Crippen molar-refractivity contribution in [2.75, 3.05) is 20.1 Å². The van der Waals surface area contributed by atoms with E-state index in [9.17, 15) is 9.59 Å². The van der Waals surface area contributed by atoms with Crippen LogP contribution < -0.4 is 5.32 Å². The first-order valence-corrected chi connectivity index (χ1v) is 8.78. The Hall–Kier alpha value is -2.90. The number of hydrogen-bond acceptors (Lipinski definition) is 4. The number of carbonyl (C=O) groups excluding carboxylic acids is 2. The van der Waals surface area contributed by atoms with E-state index < -0.39 is 6.04 Å². The van der Waals surface area contributed by atoms with Gasteiger partial charge in [0.05, 0.1) is 6.33 Å². The molecule has 2 aromatic rings. The third kappa shape index (κ3) is 4.59. The molecule has 0 bridgehead atoms. The molecule has 0 radical (unpaired) electrons. The fourth-order valence-corrected chi connectivity index (χ4v) is 3.02. The lowest BCUT2D eigenvalue weighted by atomic mass is 10.2. The van der Waals surface area contributed by atoms with Gasteiger partial charge in [0, 0.05) is 58.0 Å². The number of aryl methyl sites for hydroxylation is 1. The summed E-state index contributed by atoms with van der Waals surface area (Å²) in [7, 11) is 1.76. The molecule has 0 aliphatic carbocycles. The van der Waals surface area contributed by atoms with Gasteiger partial charge in [0.1, 0.15) is 6.04 Å². The van der Waals surface area contributed by atoms with Crippen molar-refractivity contribution in [3.63, 3.8) is 0 Å². The van der Waals surface area contributed by atoms with E-state index in [0.29, 0.717) is 26.1 Å². The Balaban J connectivity index is 1.61. The van der Waals surface area contributed by atoms with Crippen molar-refractivity contribution in [1.82, 2.24) is 29.7 Å². The van der Waals surface area contributed by atoms with Crippen LogP contribution in [0.4, 0.5) is 4.79 Å². The Morgan fingerprint density at radius 3 is 2.77 bits per heavy atom. The average Bonchev–Trinajstić information content (AvgIpc) is 3.27. The van der Waals surface area contributed by atoms with Crippen LogP contribution in [0.25, 0.3) is 0 Å². The number of likely N-dealkylation sites (tertiary alicyclic amines) is 1. The monoisotopic (exact) mass is 356 g/mol. The quantitative estimate of drug-likeness (QED) is 0.806. The van der Waals surface area contributed by atoms with Gasteiger partial charge in [-0.1, -0.05) is 0 Å². The summed E-state index contributed by atoms with van der Waals surface area (Å²) in [5.41, 5.74) is 1.01. The highest BCUT2D eigenvalue weighted by Crippen LogP contribution is 2.11. The molecule has 1 atom stereocenters. The molecule has 1 fully saturated rings. The minimum atomic E-state index is -0.430. The lowest BCUT2D eigenvalue weighted by molar-refractivity contribution is -0.128. The number of carbonyl (C=O) groups is 2. The van der Waals surface area contributed by atoms with Crippen LogP contribution in [0.1, 0.15) is 18.4 Å². The SMILES string of the molecule is CN1CC[C@@H](NC(=O)N(CCCn2ccnc2)Cc2ccncc2)C1=O. The molecule has 2 aromatic heterocycles. The van der Waals surface area contributed by atoms with Crippen LogP contribution in [0.3, 0.4) is 0 Å². The van der Waals surface area contributed by atoms with Gasteiger partial charge in [-0.15, -0.1) is 0 Å². The second-order valence-electron chi connectivity index (χ2n) is 6.48. The Bertz CT molecular complexity index is 719. The van der Waals surface area contributed by atoms with Crippen molar-refractivity contribution < 1.29 is 9.59 Å². The van der Waals surface area contributed by atoms with Crippen LogP contribution >= 0.6 is 0 Å². The summed E-state index contributed by atoms with van der Waals surface area (Å²) in [6.07, 6.45) is 10.3.